The maximum Gasteiger partial charge on any atom is 0.223 e. The van der Waals surface area contributed by atoms with E-state index in [1.54, 1.807) is 12.5 Å². The Bertz CT molecular complexity index is 3050. The minimum absolute atomic E-state index is 0.160. The first-order valence-electron chi connectivity index (χ1n) is 23.7. The van der Waals surface area contributed by atoms with Crippen LogP contribution in [-0.4, -0.2) is 103 Å². The highest BCUT2D eigenvalue weighted by Gasteiger charge is 2.29. The smallest absolute Gasteiger partial charge is 0.223 e. The molecule has 3 atom stereocenters. The molecule has 3 aliphatic heterocycles. The zero-order valence-corrected chi connectivity index (χ0v) is 40.1. The number of hydrogen-bond acceptors (Lipinski definition) is 17. The lowest BCUT2D eigenvalue weighted by Crippen LogP contribution is -2.50. The predicted molar refractivity (Wildman–Crippen MR) is 260 cm³/mol. The summed E-state index contributed by atoms with van der Waals surface area (Å²) in [5, 5.41) is 36.6. The van der Waals surface area contributed by atoms with Crippen molar-refractivity contribution < 1.29 is 13.8 Å². The third-order valence-electron chi connectivity index (χ3n) is 13.4. The van der Waals surface area contributed by atoms with Crippen molar-refractivity contribution in [3.63, 3.8) is 0 Å². The van der Waals surface area contributed by atoms with Gasteiger partial charge in [-0.15, -0.1) is 0 Å². The monoisotopic (exact) mass is 921 g/mol. The van der Waals surface area contributed by atoms with Gasteiger partial charge in [0.1, 0.15) is 18.2 Å². The van der Waals surface area contributed by atoms with Crippen LogP contribution >= 0.6 is 0 Å². The molecule has 19 nitrogen and oxygen atoms in total. The van der Waals surface area contributed by atoms with E-state index in [0.717, 1.165) is 149 Å². The van der Waals surface area contributed by atoms with Gasteiger partial charge in [-0.1, -0.05) is 10.3 Å². The fraction of sp³-hybridized carbons (Fsp3) is 0.469. The van der Waals surface area contributed by atoms with Gasteiger partial charge in [-0.25, -0.2) is 34.6 Å². The van der Waals surface area contributed by atoms with Crippen LogP contribution in [0.5, 0.6) is 0 Å². The van der Waals surface area contributed by atoms with Gasteiger partial charge in [0.25, 0.3) is 0 Å². The van der Waals surface area contributed by atoms with Gasteiger partial charge < -0.3 is 35.1 Å². The summed E-state index contributed by atoms with van der Waals surface area (Å²) in [5.74, 6) is 1.24. The number of ether oxygens (including phenoxy) is 1. The number of nitrogens with zero attached hydrogens (tertiary/aromatic N) is 11. The van der Waals surface area contributed by atoms with Crippen LogP contribution in [0.3, 0.4) is 0 Å². The minimum Gasteiger partial charge on any atom is -0.364 e. The largest absolute Gasteiger partial charge is 0.364 e. The van der Waals surface area contributed by atoms with Gasteiger partial charge in [-0.3, -0.25) is 5.10 Å². The Kier molecular flexibility index (Phi) is 12.2. The maximum atomic E-state index is 6.12. The van der Waals surface area contributed by atoms with Gasteiger partial charge in [0.2, 0.25) is 11.9 Å². The second-order valence-corrected chi connectivity index (χ2v) is 19.7. The van der Waals surface area contributed by atoms with Crippen LogP contribution < -0.4 is 21.3 Å². The molecule has 8 aromatic heterocycles. The number of aryl methyl sites for hydroxylation is 4. The van der Waals surface area contributed by atoms with Gasteiger partial charge in [-0.05, 0) is 136 Å². The van der Waals surface area contributed by atoms with Crippen LogP contribution in [0.2, 0.25) is 0 Å². The van der Waals surface area contributed by atoms with Crippen molar-refractivity contribution in [3.05, 3.63) is 71.7 Å². The SMILES string of the molecule is Cc1cnc(N[C@H]2CCC(C)(C)NC2)nc1-c1[nH]nc2nc(-c3conc3C)ccc12.Cc1cnc(N[C@H]2CCC(C)(C)NC2)nc1-c1nn(C2CCCCO2)c2nc(-c3conc3C)ccc12. The zero-order valence-electron chi connectivity index (χ0n) is 40.1. The molecular formula is C49H60N16O3. The first-order valence-corrected chi connectivity index (χ1v) is 23.7. The topological polar surface area (TPSA) is 233 Å². The Labute approximate surface area is 394 Å². The van der Waals surface area contributed by atoms with Crippen molar-refractivity contribution >= 4 is 34.0 Å². The fourth-order valence-electron chi connectivity index (χ4n) is 9.14. The summed E-state index contributed by atoms with van der Waals surface area (Å²) in [6, 6.07) is 8.59. The molecule has 0 aliphatic carbocycles. The van der Waals surface area contributed by atoms with Crippen molar-refractivity contribution in [1.29, 1.82) is 0 Å². The molecule has 0 aromatic carbocycles. The maximum absolute atomic E-state index is 6.12. The van der Waals surface area contributed by atoms with E-state index >= 15 is 0 Å². The fourth-order valence-corrected chi connectivity index (χ4v) is 9.14. The summed E-state index contributed by atoms with van der Waals surface area (Å²) in [6.07, 6.45) is 14.2. The molecule has 3 saturated heterocycles. The van der Waals surface area contributed by atoms with Crippen LogP contribution in [0.15, 0.2) is 58.2 Å². The third kappa shape index (κ3) is 9.42. The number of aromatic amines is 1. The molecule has 19 heteroatoms. The van der Waals surface area contributed by atoms with Crippen LogP contribution in [0, 0.1) is 27.7 Å². The number of aromatic nitrogens is 12. The van der Waals surface area contributed by atoms with E-state index in [-0.39, 0.29) is 23.3 Å². The Hall–Kier alpha value is -6.70. The first-order chi connectivity index (χ1) is 32.8. The molecule has 3 fully saturated rings. The molecule has 0 saturated carbocycles. The molecule has 11 heterocycles. The zero-order chi connectivity index (χ0) is 47.2. The Morgan fingerprint density at radius 2 is 1.25 bits per heavy atom. The molecule has 354 valence electrons. The molecule has 0 spiro atoms. The second kappa shape index (κ2) is 18.4. The van der Waals surface area contributed by atoms with E-state index in [1.807, 2.05) is 63.0 Å². The summed E-state index contributed by atoms with van der Waals surface area (Å²) >= 11 is 0. The number of pyridine rings is 2. The average molecular weight is 921 g/mol. The molecule has 3 aliphatic rings. The second-order valence-electron chi connectivity index (χ2n) is 19.7. The summed E-state index contributed by atoms with van der Waals surface area (Å²) in [4.78, 5) is 28.5. The summed E-state index contributed by atoms with van der Waals surface area (Å²) in [6.45, 7) is 19.3. The highest BCUT2D eigenvalue weighted by molar-refractivity contribution is 5.93. The predicted octanol–water partition coefficient (Wildman–Crippen LogP) is 8.43. The number of rotatable bonds is 9. The molecule has 11 rings (SSSR count). The Balaban J connectivity index is 0.000000161. The number of hydrogen-bond donors (Lipinski definition) is 5. The van der Waals surface area contributed by atoms with E-state index in [1.165, 1.54) is 0 Å². The molecular weight excluding hydrogens is 861 g/mol. The number of fused-ring (bicyclic) bond motifs is 2. The van der Waals surface area contributed by atoms with Gasteiger partial charge in [0.15, 0.2) is 17.5 Å². The minimum atomic E-state index is -0.160. The van der Waals surface area contributed by atoms with E-state index in [4.69, 9.17) is 33.8 Å². The van der Waals surface area contributed by atoms with Gasteiger partial charge in [-0.2, -0.15) is 10.2 Å². The summed E-state index contributed by atoms with van der Waals surface area (Å²) < 4.78 is 18.3. The van der Waals surface area contributed by atoms with Gasteiger partial charge in [0, 0.05) is 66.0 Å². The molecule has 1 unspecified atom stereocenters. The van der Waals surface area contributed by atoms with Crippen molar-refractivity contribution in [3.8, 4) is 45.3 Å². The number of H-pyrrole nitrogens is 1. The molecule has 0 radical (unpaired) electrons. The molecule has 5 N–H and O–H groups in total. The first kappa shape index (κ1) is 45.1. The van der Waals surface area contributed by atoms with Crippen molar-refractivity contribution in [2.45, 2.75) is 130 Å². The van der Waals surface area contributed by atoms with Gasteiger partial charge in [0.05, 0.1) is 51.0 Å². The molecule has 68 heavy (non-hydrogen) atoms. The van der Waals surface area contributed by atoms with Crippen LogP contribution in [0.25, 0.3) is 67.4 Å². The Morgan fingerprint density at radius 3 is 1.81 bits per heavy atom. The quantitative estimate of drug-likeness (QED) is 0.0914. The van der Waals surface area contributed by atoms with Crippen LogP contribution in [0.1, 0.15) is 101 Å². The molecule has 0 bridgehead atoms. The van der Waals surface area contributed by atoms with Crippen molar-refractivity contribution in [2.75, 3.05) is 30.3 Å². The highest BCUT2D eigenvalue weighted by atomic mass is 16.5. The standard InChI is InChI=1S/C27H34N8O2.C22H26N8O/c1-16-13-28-26(30-18-10-11-27(3,4)29-14-18)32-23(16)24-19-8-9-21(20-15-37-34-17(20)2)31-25(19)35(33-24)22-7-5-6-12-36-22;1-12-9-23-21(25-14-7-8-22(3,4)24-10-14)27-18(12)19-15-5-6-17(26-20(15)29-28-19)16-11-31-30-13(16)2/h8-9,13,15,18,22,29H,5-7,10-12,14H2,1-4H3,(H,28,30,32);5-6,9,11,14,24H,7-8,10H2,1-4H3,(H,23,25,27)(H,26,28,29)/t18-,22?;14-/m00/s1. The lowest BCUT2D eigenvalue weighted by Gasteiger charge is -2.36. The third-order valence-corrected chi connectivity index (χ3v) is 13.4. The van der Waals surface area contributed by atoms with Crippen molar-refractivity contribution in [2.24, 2.45) is 0 Å². The highest BCUT2D eigenvalue weighted by Crippen LogP contribution is 2.36. The summed E-state index contributed by atoms with van der Waals surface area (Å²) in [7, 11) is 0. The lowest BCUT2D eigenvalue weighted by molar-refractivity contribution is -0.0368. The molecule has 0 amide bonds. The van der Waals surface area contributed by atoms with E-state index in [9.17, 15) is 0 Å². The van der Waals surface area contributed by atoms with Crippen LogP contribution in [0.4, 0.5) is 11.9 Å². The molecule has 8 aromatic rings. The average Bonchev–Trinajstić information content (AvgIpc) is 4.15. The number of nitrogens with one attached hydrogen (secondary N) is 5. The Morgan fingerprint density at radius 1 is 0.662 bits per heavy atom. The number of anilines is 2. The van der Waals surface area contributed by atoms with E-state index in [2.05, 4.69) is 90.5 Å². The van der Waals surface area contributed by atoms with E-state index in [0.29, 0.717) is 23.6 Å². The summed E-state index contributed by atoms with van der Waals surface area (Å²) in [5.41, 5.74) is 11.8. The van der Waals surface area contributed by atoms with Crippen molar-refractivity contribution in [1.82, 2.24) is 70.8 Å². The van der Waals surface area contributed by atoms with Gasteiger partial charge >= 0.3 is 0 Å². The lowest BCUT2D eigenvalue weighted by atomic mass is 9.91. The number of piperidine rings is 2. The van der Waals surface area contributed by atoms with Crippen LogP contribution in [-0.2, 0) is 4.74 Å². The van der Waals surface area contributed by atoms with E-state index < -0.39 is 0 Å². The normalized spacial score (nSPS) is 20.3.